The summed E-state index contributed by atoms with van der Waals surface area (Å²) in [5.74, 6) is 0.526. The molecule has 0 spiro atoms. The number of H-pyrrole nitrogens is 1. The number of rotatable bonds is 4. The number of fused-ring (bicyclic) bond motifs is 4. The molecule has 0 saturated heterocycles. The number of nitrogens with zero attached hydrogens (tertiary/aromatic N) is 2. The molecule has 0 atom stereocenters. The van der Waals surface area contributed by atoms with Crippen LogP contribution in [0.15, 0.2) is 30.3 Å². The highest BCUT2D eigenvalue weighted by atomic mass is 16.5. The van der Waals surface area contributed by atoms with Crippen LogP contribution in [0.1, 0.15) is 58.6 Å². The van der Waals surface area contributed by atoms with Crippen LogP contribution in [0, 0.1) is 22.7 Å². The maximum Gasteiger partial charge on any atom is 0.195 e. The predicted molar refractivity (Wildman–Crippen MR) is 107 cm³/mol. The molecular formula is C23H19N3O3. The molecule has 1 aromatic heterocycles. The van der Waals surface area contributed by atoms with Gasteiger partial charge in [-0.15, -0.1) is 0 Å². The molecule has 1 heterocycles. The Labute approximate surface area is 168 Å². The van der Waals surface area contributed by atoms with Crippen molar-refractivity contribution in [3.63, 3.8) is 0 Å². The number of aromatic amines is 1. The van der Waals surface area contributed by atoms with Crippen LogP contribution >= 0.6 is 0 Å². The molecule has 0 radical (unpaired) electrons. The minimum absolute atomic E-state index is 0.0548. The Bertz CT molecular complexity index is 1240. The fraction of sp³-hybridized carbons (Fsp3) is 0.261. The SMILES string of the molecule is CC1(C)c2cc(OCCCO)ccc2C(=O)c2c1[nH]c1c(C#N)c(C#N)ccc21. The van der Waals surface area contributed by atoms with Gasteiger partial charge in [-0.05, 0) is 29.8 Å². The van der Waals surface area contributed by atoms with Crippen LogP contribution in [0.25, 0.3) is 10.9 Å². The highest BCUT2D eigenvalue weighted by Gasteiger charge is 2.40. The average molecular weight is 385 g/mol. The molecular weight excluding hydrogens is 366 g/mol. The van der Waals surface area contributed by atoms with Crippen molar-refractivity contribution in [1.82, 2.24) is 4.98 Å². The summed E-state index contributed by atoms with van der Waals surface area (Å²) in [7, 11) is 0. The molecule has 1 aliphatic rings. The molecule has 0 bridgehead atoms. The van der Waals surface area contributed by atoms with Crippen molar-refractivity contribution in [3.8, 4) is 17.9 Å². The van der Waals surface area contributed by atoms with Gasteiger partial charge in [0.05, 0.1) is 28.8 Å². The van der Waals surface area contributed by atoms with Crippen LogP contribution in [-0.2, 0) is 5.41 Å². The van der Waals surface area contributed by atoms with Gasteiger partial charge in [-0.1, -0.05) is 19.9 Å². The fourth-order valence-electron chi connectivity index (χ4n) is 4.03. The lowest BCUT2D eigenvalue weighted by Gasteiger charge is -2.32. The van der Waals surface area contributed by atoms with Crippen molar-refractivity contribution in [2.24, 2.45) is 0 Å². The molecule has 2 N–H and O–H groups in total. The van der Waals surface area contributed by atoms with Crippen LogP contribution in [0.4, 0.5) is 0 Å². The van der Waals surface area contributed by atoms with Crippen molar-refractivity contribution in [1.29, 1.82) is 10.5 Å². The summed E-state index contributed by atoms with van der Waals surface area (Å²) in [5.41, 5.74) is 3.22. The van der Waals surface area contributed by atoms with Crippen molar-refractivity contribution in [2.45, 2.75) is 25.7 Å². The van der Waals surface area contributed by atoms with E-state index in [4.69, 9.17) is 9.84 Å². The zero-order valence-electron chi connectivity index (χ0n) is 16.2. The van der Waals surface area contributed by atoms with Crippen molar-refractivity contribution >= 4 is 16.7 Å². The van der Waals surface area contributed by atoms with Crippen molar-refractivity contribution in [3.05, 3.63) is 63.8 Å². The number of benzene rings is 2. The molecule has 144 valence electrons. The lowest BCUT2D eigenvalue weighted by Crippen LogP contribution is -2.30. The normalized spacial score (nSPS) is 14.0. The molecule has 0 saturated carbocycles. The first-order valence-electron chi connectivity index (χ1n) is 9.36. The van der Waals surface area contributed by atoms with Gasteiger partial charge in [0.1, 0.15) is 17.9 Å². The van der Waals surface area contributed by atoms with Crippen molar-refractivity contribution in [2.75, 3.05) is 13.2 Å². The van der Waals surface area contributed by atoms with Crippen LogP contribution in [0.2, 0.25) is 0 Å². The summed E-state index contributed by atoms with van der Waals surface area (Å²) in [4.78, 5) is 16.6. The van der Waals surface area contributed by atoms with Gasteiger partial charge in [0.25, 0.3) is 0 Å². The first-order valence-corrected chi connectivity index (χ1v) is 9.36. The van der Waals surface area contributed by atoms with E-state index in [9.17, 15) is 15.3 Å². The Morgan fingerprint density at radius 1 is 1.17 bits per heavy atom. The standard InChI is InChI=1S/C23H19N3O3/c1-23(2)18-10-14(29-9-3-8-27)5-7-15(18)21(28)19-16-6-4-13(11-24)17(12-25)20(16)26-22(19)23/h4-7,10,26-27H,3,8-9H2,1-2H3. The Morgan fingerprint density at radius 2 is 1.97 bits per heavy atom. The number of hydrogen-bond acceptors (Lipinski definition) is 5. The van der Waals surface area contributed by atoms with E-state index < -0.39 is 5.41 Å². The van der Waals surface area contributed by atoms with E-state index in [1.165, 1.54) is 0 Å². The minimum atomic E-state index is -0.534. The van der Waals surface area contributed by atoms with E-state index >= 15 is 0 Å². The average Bonchev–Trinajstić information content (AvgIpc) is 3.12. The third kappa shape index (κ3) is 2.69. The Kier molecular flexibility index (Phi) is 4.38. The lowest BCUT2D eigenvalue weighted by molar-refractivity contribution is 0.103. The van der Waals surface area contributed by atoms with E-state index in [0.717, 1.165) is 11.3 Å². The lowest BCUT2D eigenvalue weighted by atomic mass is 9.71. The van der Waals surface area contributed by atoms with Crippen LogP contribution in [0.5, 0.6) is 5.75 Å². The predicted octanol–water partition coefficient (Wildman–Crippen LogP) is 3.54. The van der Waals surface area contributed by atoms with E-state index in [2.05, 4.69) is 11.1 Å². The van der Waals surface area contributed by atoms with Gasteiger partial charge in [0, 0.05) is 35.1 Å². The van der Waals surface area contributed by atoms with Crippen LogP contribution in [0.3, 0.4) is 0 Å². The Hall–Kier alpha value is -3.61. The van der Waals surface area contributed by atoms with Gasteiger partial charge in [0.2, 0.25) is 0 Å². The molecule has 0 fully saturated rings. The van der Waals surface area contributed by atoms with Gasteiger partial charge in [-0.3, -0.25) is 4.79 Å². The number of aromatic nitrogens is 1. The second-order valence-corrected chi connectivity index (χ2v) is 7.60. The number of nitrogens with one attached hydrogen (secondary N) is 1. The van der Waals surface area contributed by atoms with E-state index in [1.54, 1.807) is 24.3 Å². The summed E-state index contributed by atoms with van der Waals surface area (Å²) in [6, 6.07) is 12.8. The van der Waals surface area contributed by atoms with Gasteiger partial charge in [0.15, 0.2) is 5.78 Å². The number of nitriles is 2. The molecule has 0 amide bonds. The molecule has 3 aromatic rings. The van der Waals surface area contributed by atoms with Crippen LogP contribution in [-0.4, -0.2) is 29.1 Å². The number of ketones is 1. The molecule has 0 aliphatic heterocycles. The van der Waals surface area contributed by atoms with Gasteiger partial charge in [-0.25, -0.2) is 0 Å². The number of aliphatic hydroxyl groups is 1. The Balaban J connectivity index is 1.92. The second kappa shape index (κ2) is 6.77. The number of hydrogen-bond donors (Lipinski definition) is 2. The molecule has 2 aromatic carbocycles. The molecule has 29 heavy (non-hydrogen) atoms. The zero-order chi connectivity index (χ0) is 20.8. The monoisotopic (exact) mass is 385 g/mol. The summed E-state index contributed by atoms with van der Waals surface area (Å²) in [6.45, 7) is 4.48. The highest BCUT2D eigenvalue weighted by Crippen LogP contribution is 2.45. The van der Waals surface area contributed by atoms with Gasteiger partial charge < -0.3 is 14.8 Å². The summed E-state index contributed by atoms with van der Waals surface area (Å²) < 4.78 is 5.69. The van der Waals surface area contributed by atoms with E-state index in [-0.39, 0.29) is 23.5 Å². The minimum Gasteiger partial charge on any atom is -0.493 e. The smallest absolute Gasteiger partial charge is 0.195 e. The zero-order valence-corrected chi connectivity index (χ0v) is 16.2. The molecule has 6 heteroatoms. The maximum absolute atomic E-state index is 13.4. The number of carbonyl (C=O) groups is 1. The van der Waals surface area contributed by atoms with Crippen LogP contribution < -0.4 is 4.74 Å². The second-order valence-electron chi connectivity index (χ2n) is 7.60. The molecule has 6 nitrogen and oxygen atoms in total. The largest absolute Gasteiger partial charge is 0.493 e. The quantitative estimate of drug-likeness (QED) is 0.668. The third-order valence-corrected chi connectivity index (χ3v) is 5.54. The Morgan fingerprint density at radius 3 is 2.66 bits per heavy atom. The fourth-order valence-corrected chi connectivity index (χ4v) is 4.03. The first kappa shape index (κ1) is 18.7. The van der Waals surface area contributed by atoms with E-state index in [0.29, 0.717) is 40.8 Å². The third-order valence-electron chi connectivity index (χ3n) is 5.54. The first-order chi connectivity index (χ1) is 13.9. The topological polar surface area (TPSA) is 110 Å². The van der Waals surface area contributed by atoms with E-state index in [1.807, 2.05) is 26.0 Å². The number of ether oxygens (including phenoxy) is 1. The number of aliphatic hydroxyl groups excluding tert-OH is 1. The molecule has 4 rings (SSSR count). The van der Waals surface area contributed by atoms with Crippen molar-refractivity contribution < 1.29 is 14.6 Å². The molecule has 1 aliphatic carbocycles. The maximum atomic E-state index is 13.4. The summed E-state index contributed by atoms with van der Waals surface area (Å²) >= 11 is 0. The summed E-state index contributed by atoms with van der Waals surface area (Å²) in [5, 5.41) is 28.5. The van der Waals surface area contributed by atoms with Gasteiger partial charge >= 0.3 is 0 Å². The summed E-state index contributed by atoms with van der Waals surface area (Å²) in [6.07, 6.45) is 0.531. The molecule has 0 unspecified atom stereocenters. The highest BCUT2D eigenvalue weighted by molar-refractivity contribution is 6.20. The van der Waals surface area contributed by atoms with Gasteiger partial charge in [-0.2, -0.15) is 10.5 Å². The number of carbonyl (C=O) groups excluding carboxylic acids is 1.